The summed E-state index contributed by atoms with van der Waals surface area (Å²) in [4.78, 5) is 41.9. The highest BCUT2D eigenvalue weighted by molar-refractivity contribution is 8.01. The number of aliphatic hydroxyl groups excluding tert-OH is 1. The summed E-state index contributed by atoms with van der Waals surface area (Å²) in [6.45, 7) is 3.71. The van der Waals surface area contributed by atoms with Gasteiger partial charge in [0, 0.05) is 23.7 Å². The summed E-state index contributed by atoms with van der Waals surface area (Å²) >= 11 is 1.45. The van der Waals surface area contributed by atoms with Gasteiger partial charge in [0.2, 0.25) is 0 Å². The van der Waals surface area contributed by atoms with Crippen molar-refractivity contribution in [1.29, 1.82) is 5.41 Å². The Balaban J connectivity index is 1.59. The first-order valence-corrected chi connectivity index (χ1v) is 12.5. The number of fused-ring (bicyclic) bond motifs is 1. The highest BCUT2D eigenvalue weighted by atomic mass is 32.2. The van der Waals surface area contributed by atoms with E-state index in [4.69, 9.17) is 11.1 Å². The minimum Gasteiger partial charge on any atom is -0.398 e. The SMILES string of the molecule is C/C=C\N1C(=O)[C@H]2N(C(=O)[C@@H](O)C(Cc3ccccc3)NC(=O)c3cccc(N)c3C=N)CSC21C. The fourth-order valence-corrected chi connectivity index (χ4v) is 6.04. The van der Waals surface area contributed by atoms with Crippen LogP contribution in [0.3, 0.4) is 0 Å². The maximum absolute atomic E-state index is 13.5. The van der Waals surface area contributed by atoms with Crippen molar-refractivity contribution >= 4 is 41.4 Å². The van der Waals surface area contributed by atoms with Crippen molar-refractivity contribution in [2.24, 2.45) is 0 Å². The Morgan fingerprint density at radius 1 is 1.28 bits per heavy atom. The molecule has 2 heterocycles. The van der Waals surface area contributed by atoms with Crippen LogP contribution in [-0.4, -0.2) is 67.8 Å². The van der Waals surface area contributed by atoms with Crippen LogP contribution in [0.25, 0.3) is 0 Å². The number of benzene rings is 2. The first-order chi connectivity index (χ1) is 17.2. The molecular weight excluding hydrogens is 478 g/mol. The largest absolute Gasteiger partial charge is 0.398 e. The molecule has 3 amide bonds. The number of allylic oxidation sites excluding steroid dienone is 1. The van der Waals surface area contributed by atoms with Gasteiger partial charge in [-0.05, 0) is 38.0 Å². The average Bonchev–Trinajstić information content (AvgIpc) is 3.19. The predicted octanol–water partition coefficient (Wildman–Crippen LogP) is 1.96. The van der Waals surface area contributed by atoms with Gasteiger partial charge in [-0.1, -0.05) is 42.5 Å². The molecule has 0 spiro atoms. The molecule has 4 atom stereocenters. The molecule has 2 aliphatic rings. The topological polar surface area (TPSA) is 140 Å². The van der Waals surface area contributed by atoms with Crippen molar-refractivity contribution in [3.05, 3.63) is 77.5 Å². The Labute approximate surface area is 213 Å². The number of aliphatic hydroxyl groups is 1. The van der Waals surface area contributed by atoms with Gasteiger partial charge < -0.3 is 26.5 Å². The van der Waals surface area contributed by atoms with E-state index < -0.39 is 34.9 Å². The van der Waals surface area contributed by atoms with E-state index in [-0.39, 0.29) is 35.0 Å². The maximum atomic E-state index is 13.5. The van der Waals surface area contributed by atoms with Gasteiger partial charge in [-0.15, -0.1) is 11.8 Å². The molecule has 0 radical (unpaired) electrons. The second kappa shape index (κ2) is 10.2. The van der Waals surface area contributed by atoms with Gasteiger partial charge in [0.1, 0.15) is 10.9 Å². The van der Waals surface area contributed by atoms with E-state index in [1.165, 1.54) is 22.7 Å². The first kappa shape index (κ1) is 25.5. The number of nitrogens with zero attached hydrogens (tertiary/aromatic N) is 2. The summed E-state index contributed by atoms with van der Waals surface area (Å²) in [6, 6.07) is 12.3. The standard InChI is InChI=1S/C26H29N5O4S/c1-3-12-31-25(35)22-26(31,2)36-15-30(22)24(34)21(32)20(13-16-8-5-4-6-9-16)29-23(33)17-10-7-11-19(28)18(17)14-27/h3-12,14,20-22,27,32H,13,15,28H2,1-2H3,(H,29,33)/b12-3-,27-14?/t20?,21-,22+,26?/m0/s1. The summed E-state index contributed by atoms with van der Waals surface area (Å²) in [5.41, 5.74) is 7.44. The zero-order valence-corrected chi connectivity index (χ0v) is 20.9. The summed E-state index contributed by atoms with van der Waals surface area (Å²) in [6.07, 6.45) is 3.05. The molecule has 0 aromatic heterocycles. The Bertz CT molecular complexity index is 1220. The molecule has 0 saturated carbocycles. The lowest BCUT2D eigenvalue weighted by Crippen LogP contribution is -2.72. The van der Waals surface area contributed by atoms with Gasteiger partial charge in [-0.2, -0.15) is 0 Å². The number of nitrogens with two attached hydrogens (primary N) is 1. The van der Waals surface area contributed by atoms with Crippen LogP contribution in [0.15, 0.2) is 60.8 Å². The normalized spacial score (nSPS) is 22.6. The molecular formula is C26H29N5O4S. The lowest BCUT2D eigenvalue weighted by Gasteiger charge is -2.51. The van der Waals surface area contributed by atoms with E-state index in [1.807, 2.05) is 44.2 Å². The molecule has 2 aliphatic heterocycles. The zero-order valence-electron chi connectivity index (χ0n) is 20.0. The van der Waals surface area contributed by atoms with Crippen molar-refractivity contribution < 1.29 is 19.5 Å². The smallest absolute Gasteiger partial charge is 0.255 e. The van der Waals surface area contributed by atoms with E-state index in [1.54, 1.807) is 29.3 Å². The third-order valence-electron chi connectivity index (χ3n) is 6.62. The number of nitrogens with one attached hydrogen (secondary N) is 2. The quantitative estimate of drug-likeness (QED) is 0.245. The van der Waals surface area contributed by atoms with Crippen LogP contribution >= 0.6 is 11.8 Å². The molecule has 36 heavy (non-hydrogen) atoms. The van der Waals surface area contributed by atoms with E-state index in [0.29, 0.717) is 0 Å². The summed E-state index contributed by atoms with van der Waals surface area (Å²) in [5.74, 6) is -1.14. The molecule has 2 aromatic carbocycles. The number of thioether (sulfide) groups is 1. The van der Waals surface area contributed by atoms with Gasteiger partial charge >= 0.3 is 0 Å². The van der Waals surface area contributed by atoms with Crippen LogP contribution in [0.4, 0.5) is 5.69 Å². The molecule has 188 valence electrons. The molecule has 0 bridgehead atoms. The Morgan fingerprint density at radius 3 is 2.67 bits per heavy atom. The van der Waals surface area contributed by atoms with Gasteiger partial charge in [0.15, 0.2) is 6.10 Å². The molecule has 2 fully saturated rings. The fourth-order valence-electron chi connectivity index (χ4n) is 4.69. The predicted molar refractivity (Wildman–Crippen MR) is 139 cm³/mol. The Hall–Kier alpha value is -3.63. The number of carbonyl (C=O) groups is 3. The van der Waals surface area contributed by atoms with Crippen molar-refractivity contribution in [3.63, 3.8) is 0 Å². The zero-order chi connectivity index (χ0) is 26.0. The molecule has 9 nitrogen and oxygen atoms in total. The van der Waals surface area contributed by atoms with Gasteiger partial charge in [-0.3, -0.25) is 19.3 Å². The molecule has 4 rings (SSSR count). The van der Waals surface area contributed by atoms with E-state index in [0.717, 1.165) is 11.8 Å². The molecule has 2 saturated heterocycles. The third-order valence-corrected chi connectivity index (χ3v) is 8.04. The van der Waals surface area contributed by atoms with Crippen LogP contribution in [0.2, 0.25) is 0 Å². The number of carbonyl (C=O) groups excluding carboxylic acids is 3. The van der Waals surface area contributed by atoms with Crippen LogP contribution in [0.5, 0.6) is 0 Å². The number of β-lactam (4-membered cyclic amide) rings is 1. The first-order valence-electron chi connectivity index (χ1n) is 11.5. The van der Waals surface area contributed by atoms with Crippen LogP contribution in [-0.2, 0) is 16.0 Å². The van der Waals surface area contributed by atoms with Crippen LogP contribution < -0.4 is 11.1 Å². The van der Waals surface area contributed by atoms with Crippen LogP contribution in [0, 0.1) is 5.41 Å². The minimum absolute atomic E-state index is 0.170. The number of nitrogen functional groups attached to an aromatic ring is 1. The highest BCUT2D eigenvalue weighted by Crippen LogP contribution is 2.50. The van der Waals surface area contributed by atoms with Crippen LogP contribution in [0.1, 0.15) is 35.3 Å². The summed E-state index contributed by atoms with van der Waals surface area (Å²) < 4.78 is 0. The monoisotopic (exact) mass is 507 g/mol. The lowest BCUT2D eigenvalue weighted by atomic mass is 9.93. The Morgan fingerprint density at radius 2 is 2.00 bits per heavy atom. The van der Waals surface area contributed by atoms with Crippen molar-refractivity contribution in [2.45, 2.75) is 43.3 Å². The Kier molecular flexibility index (Phi) is 7.18. The second-order valence-corrected chi connectivity index (χ2v) is 10.3. The molecule has 2 aromatic rings. The molecule has 2 unspecified atom stereocenters. The number of anilines is 1. The van der Waals surface area contributed by atoms with Gasteiger partial charge in [-0.25, -0.2) is 0 Å². The average molecular weight is 508 g/mol. The van der Waals surface area contributed by atoms with Gasteiger partial charge in [0.25, 0.3) is 17.7 Å². The van der Waals surface area contributed by atoms with E-state index in [2.05, 4.69) is 5.32 Å². The number of rotatable bonds is 8. The van der Waals surface area contributed by atoms with E-state index in [9.17, 15) is 19.5 Å². The summed E-state index contributed by atoms with van der Waals surface area (Å²) in [7, 11) is 0. The van der Waals surface area contributed by atoms with Gasteiger partial charge in [0.05, 0.1) is 17.5 Å². The number of hydrogen-bond donors (Lipinski definition) is 4. The molecule has 5 N–H and O–H groups in total. The number of likely N-dealkylation sites (tertiary alicyclic amines) is 1. The second-order valence-electron chi connectivity index (χ2n) is 8.90. The lowest BCUT2D eigenvalue weighted by molar-refractivity contribution is -0.163. The van der Waals surface area contributed by atoms with Crippen molar-refractivity contribution in [2.75, 3.05) is 11.6 Å². The summed E-state index contributed by atoms with van der Waals surface area (Å²) in [5, 5.41) is 21.6. The number of hydrogen-bond acceptors (Lipinski definition) is 7. The third kappa shape index (κ3) is 4.38. The molecule has 10 heteroatoms. The maximum Gasteiger partial charge on any atom is 0.255 e. The number of amides is 3. The van der Waals surface area contributed by atoms with Crippen molar-refractivity contribution in [3.8, 4) is 0 Å². The van der Waals surface area contributed by atoms with Crippen molar-refractivity contribution in [1.82, 2.24) is 15.1 Å². The highest BCUT2D eigenvalue weighted by Gasteiger charge is 2.65. The fraction of sp³-hybridized carbons (Fsp3) is 0.308. The van der Waals surface area contributed by atoms with E-state index >= 15 is 0 Å². The minimum atomic E-state index is -1.59. The molecule has 0 aliphatic carbocycles.